The lowest BCUT2D eigenvalue weighted by atomic mass is 9.92. The maximum absolute atomic E-state index is 12.7. The second-order valence-corrected chi connectivity index (χ2v) is 6.35. The molecule has 1 N–H and O–H groups in total. The van der Waals surface area contributed by atoms with Gasteiger partial charge in [-0.15, -0.1) is 0 Å². The van der Waals surface area contributed by atoms with Crippen LogP contribution in [0.4, 0.5) is 0 Å². The number of hydrogen-bond donors (Lipinski definition) is 1. The van der Waals surface area contributed by atoms with Crippen molar-refractivity contribution in [1.82, 2.24) is 10.2 Å². The van der Waals surface area contributed by atoms with E-state index in [1.54, 1.807) is 0 Å². The van der Waals surface area contributed by atoms with E-state index in [0.29, 0.717) is 18.0 Å². The minimum absolute atomic E-state index is 0.259. The minimum Gasteiger partial charge on any atom is -0.338 e. The molecule has 106 valence electrons. The smallest absolute Gasteiger partial charge is 0.226 e. The van der Waals surface area contributed by atoms with Gasteiger partial charge in [0.15, 0.2) is 0 Å². The SMILES string of the molecule is O=C(C1CC=CCC1)N(CC1CCCCN1)C1CC1. The van der Waals surface area contributed by atoms with E-state index in [1.807, 2.05) is 0 Å². The number of rotatable bonds is 4. The molecule has 1 aliphatic heterocycles. The Bertz CT molecular complexity index is 343. The van der Waals surface area contributed by atoms with Crippen molar-refractivity contribution in [2.45, 2.75) is 63.5 Å². The largest absolute Gasteiger partial charge is 0.338 e. The molecule has 3 nitrogen and oxygen atoms in total. The molecule has 0 bridgehead atoms. The molecule has 2 aliphatic carbocycles. The Morgan fingerprint density at radius 3 is 2.68 bits per heavy atom. The highest BCUT2D eigenvalue weighted by atomic mass is 16.2. The van der Waals surface area contributed by atoms with Gasteiger partial charge in [0.25, 0.3) is 0 Å². The monoisotopic (exact) mass is 262 g/mol. The molecule has 3 heteroatoms. The van der Waals surface area contributed by atoms with Crippen molar-refractivity contribution >= 4 is 5.91 Å². The second kappa shape index (κ2) is 6.08. The minimum atomic E-state index is 0.259. The third-order valence-electron chi connectivity index (χ3n) is 4.72. The van der Waals surface area contributed by atoms with E-state index in [0.717, 1.165) is 32.4 Å². The fourth-order valence-corrected chi connectivity index (χ4v) is 3.37. The summed E-state index contributed by atoms with van der Waals surface area (Å²) >= 11 is 0. The summed E-state index contributed by atoms with van der Waals surface area (Å²) in [5.41, 5.74) is 0. The molecule has 2 atom stereocenters. The summed E-state index contributed by atoms with van der Waals surface area (Å²) < 4.78 is 0. The van der Waals surface area contributed by atoms with Gasteiger partial charge in [0.2, 0.25) is 5.91 Å². The van der Waals surface area contributed by atoms with Gasteiger partial charge in [0, 0.05) is 24.5 Å². The van der Waals surface area contributed by atoms with Crippen LogP contribution in [0.1, 0.15) is 51.4 Å². The fourth-order valence-electron chi connectivity index (χ4n) is 3.37. The molecule has 2 unspecified atom stereocenters. The number of piperidine rings is 1. The highest BCUT2D eigenvalue weighted by Gasteiger charge is 2.36. The van der Waals surface area contributed by atoms with E-state index >= 15 is 0 Å². The molecule has 2 fully saturated rings. The van der Waals surface area contributed by atoms with Crippen LogP contribution in [-0.4, -0.2) is 36.0 Å². The summed E-state index contributed by atoms with van der Waals surface area (Å²) in [7, 11) is 0. The van der Waals surface area contributed by atoms with Crippen LogP contribution in [0.25, 0.3) is 0 Å². The van der Waals surface area contributed by atoms with Crippen LogP contribution >= 0.6 is 0 Å². The molecule has 0 aromatic heterocycles. The zero-order chi connectivity index (χ0) is 13.1. The van der Waals surface area contributed by atoms with Crippen LogP contribution in [-0.2, 0) is 4.79 Å². The van der Waals surface area contributed by atoms with Crippen molar-refractivity contribution in [2.24, 2.45) is 5.92 Å². The van der Waals surface area contributed by atoms with Crippen molar-refractivity contribution in [3.05, 3.63) is 12.2 Å². The molecular weight excluding hydrogens is 236 g/mol. The van der Waals surface area contributed by atoms with Gasteiger partial charge in [-0.25, -0.2) is 0 Å². The summed E-state index contributed by atoms with van der Waals surface area (Å²) in [6, 6.07) is 1.10. The van der Waals surface area contributed by atoms with Gasteiger partial charge >= 0.3 is 0 Å². The lowest BCUT2D eigenvalue weighted by Crippen LogP contribution is -2.48. The molecule has 1 heterocycles. The van der Waals surface area contributed by atoms with Gasteiger partial charge in [0.05, 0.1) is 0 Å². The van der Waals surface area contributed by atoms with Crippen molar-refractivity contribution in [2.75, 3.05) is 13.1 Å². The Hall–Kier alpha value is -0.830. The summed E-state index contributed by atoms with van der Waals surface area (Å²) in [4.78, 5) is 14.9. The Morgan fingerprint density at radius 2 is 2.05 bits per heavy atom. The Kier molecular flexibility index (Phi) is 4.21. The molecule has 3 aliphatic rings. The predicted molar refractivity (Wildman–Crippen MR) is 76.9 cm³/mol. The number of allylic oxidation sites excluding steroid dienone is 2. The quantitative estimate of drug-likeness (QED) is 0.789. The van der Waals surface area contributed by atoms with Gasteiger partial charge in [-0.3, -0.25) is 4.79 Å². The first-order chi connectivity index (χ1) is 9.34. The topological polar surface area (TPSA) is 32.3 Å². The third-order valence-corrected chi connectivity index (χ3v) is 4.72. The molecule has 19 heavy (non-hydrogen) atoms. The van der Waals surface area contributed by atoms with Crippen molar-refractivity contribution in [3.63, 3.8) is 0 Å². The van der Waals surface area contributed by atoms with E-state index in [1.165, 1.54) is 32.1 Å². The number of nitrogens with zero attached hydrogens (tertiary/aromatic N) is 1. The summed E-state index contributed by atoms with van der Waals surface area (Å²) in [5, 5.41) is 3.58. The van der Waals surface area contributed by atoms with Crippen LogP contribution in [0.2, 0.25) is 0 Å². The number of carbonyl (C=O) groups is 1. The van der Waals surface area contributed by atoms with Gasteiger partial charge in [0.1, 0.15) is 0 Å². The lowest BCUT2D eigenvalue weighted by molar-refractivity contribution is -0.136. The normalized spacial score (nSPS) is 31.2. The van der Waals surface area contributed by atoms with Crippen LogP contribution in [0, 0.1) is 5.92 Å². The summed E-state index contributed by atoms with van der Waals surface area (Å²) in [6.07, 6.45) is 13.8. The zero-order valence-corrected chi connectivity index (χ0v) is 11.8. The summed E-state index contributed by atoms with van der Waals surface area (Å²) in [6.45, 7) is 2.08. The average Bonchev–Trinajstić information content (AvgIpc) is 3.31. The van der Waals surface area contributed by atoms with Gasteiger partial charge < -0.3 is 10.2 Å². The average molecular weight is 262 g/mol. The molecule has 1 saturated carbocycles. The Morgan fingerprint density at radius 1 is 1.16 bits per heavy atom. The number of amides is 1. The van der Waals surface area contributed by atoms with Crippen LogP contribution in [0.5, 0.6) is 0 Å². The Balaban J connectivity index is 1.59. The van der Waals surface area contributed by atoms with E-state index in [-0.39, 0.29) is 5.92 Å². The van der Waals surface area contributed by atoms with Crippen LogP contribution < -0.4 is 5.32 Å². The predicted octanol–water partition coefficient (Wildman–Crippen LogP) is 2.48. The van der Waals surface area contributed by atoms with E-state index in [2.05, 4.69) is 22.4 Å². The van der Waals surface area contributed by atoms with Crippen LogP contribution in [0.15, 0.2) is 12.2 Å². The first kappa shape index (κ1) is 13.2. The molecule has 0 aromatic rings. The fraction of sp³-hybridized carbons (Fsp3) is 0.812. The maximum atomic E-state index is 12.7. The summed E-state index contributed by atoms with van der Waals surface area (Å²) in [5.74, 6) is 0.688. The van der Waals surface area contributed by atoms with Crippen molar-refractivity contribution in [3.8, 4) is 0 Å². The third kappa shape index (κ3) is 3.38. The van der Waals surface area contributed by atoms with E-state index in [4.69, 9.17) is 0 Å². The standard InChI is InChI=1S/C16H26N2O/c19-16(13-6-2-1-3-7-13)18(15-9-10-15)12-14-8-4-5-11-17-14/h1-2,13-15,17H,3-12H2. The van der Waals surface area contributed by atoms with Crippen molar-refractivity contribution < 1.29 is 4.79 Å². The Labute approximate surface area is 116 Å². The maximum Gasteiger partial charge on any atom is 0.226 e. The zero-order valence-electron chi connectivity index (χ0n) is 11.8. The lowest BCUT2D eigenvalue weighted by Gasteiger charge is -2.33. The molecule has 0 aromatic carbocycles. The molecule has 0 radical (unpaired) electrons. The van der Waals surface area contributed by atoms with Gasteiger partial charge in [-0.1, -0.05) is 18.6 Å². The number of carbonyl (C=O) groups excluding carboxylic acids is 1. The second-order valence-electron chi connectivity index (χ2n) is 6.35. The molecular formula is C16H26N2O. The van der Waals surface area contributed by atoms with E-state index in [9.17, 15) is 4.79 Å². The number of hydrogen-bond acceptors (Lipinski definition) is 2. The van der Waals surface area contributed by atoms with E-state index < -0.39 is 0 Å². The molecule has 0 spiro atoms. The van der Waals surface area contributed by atoms with Crippen molar-refractivity contribution in [1.29, 1.82) is 0 Å². The highest BCUT2D eigenvalue weighted by Crippen LogP contribution is 2.31. The van der Waals surface area contributed by atoms with Gasteiger partial charge in [-0.05, 0) is 51.5 Å². The molecule has 3 rings (SSSR count). The first-order valence-electron chi connectivity index (χ1n) is 8.03. The highest BCUT2D eigenvalue weighted by molar-refractivity contribution is 5.80. The van der Waals surface area contributed by atoms with Crippen LogP contribution in [0.3, 0.4) is 0 Å². The molecule has 1 amide bonds. The number of nitrogens with one attached hydrogen (secondary N) is 1. The van der Waals surface area contributed by atoms with Gasteiger partial charge in [-0.2, -0.15) is 0 Å². The molecule has 1 saturated heterocycles. The first-order valence-corrected chi connectivity index (χ1v) is 8.03.